The second-order valence-electron chi connectivity index (χ2n) is 1.60. The summed E-state index contributed by atoms with van der Waals surface area (Å²) in [5.74, 6) is 0. The van der Waals surface area contributed by atoms with E-state index < -0.39 is 11.1 Å². The number of aryl methyl sites for hydroxylation is 1. The van der Waals surface area contributed by atoms with Crippen molar-refractivity contribution in [2.24, 2.45) is 0 Å². The van der Waals surface area contributed by atoms with Crippen LogP contribution in [0.1, 0.15) is 5.69 Å². The van der Waals surface area contributed by atoms with Gasteiger partial charge in [0.2, 0.25) is 5.09 Å². The molecule has 0 amide bonds. The van der Waals surface area contributed by atoms with Gasteiger partial charge in [-0.2, -0.15) is 0 Å². The summed E-state index contributed by atoms with van der Waals surface area (Å²) in [4.78, 5) is 0. The standard InChI is InChI=1S/C4H4ClNO3S.Na/c1-2-3(5)4(9-6-2)10(7)8;/h1H3,(H,7,8);/q;+1/p-1. The maximum atomic E-state index is 10.2. The van der Waals surface area contributed by atoms with Crippen LogP contribution in [0.3, 0.4) is 0 Å². The van der Waals surface area contributed by atoms with Gasteiger partial charge in [-0.05, 0) is 6.92 Å². The minimum Gasteiger partial charge on any atom is -0.766 e. The Morgan fingerprint density at radius 3 is 2.45 bits per heavy atom. The van der Waals surface area contributed by atoms with Gasteiger partial charge >= 0.3 is 29.6 Å². The van der Waals surface area contributed by atoms with Crippen LogP contribution in [0.5, 0.6) is 0 Å². The molecule has 11 heavy (non-hydrogen) atoms. The van der Waals surface area contributed by atoms with Crippen molar-refractivity contribution in [1.29, 1.82) is 0 Å². The van der Waals surface area contributed by atoms with E-state index in [4.69, 9.17) is 11.6 Å². The SMILES string of the molecule is Cc1noc(S(=O)[O-])c1Cl.[Na+]. The number of aromatic nitrogens is 1. The molecule has 7 heteroatoms. The van der Waals surface area contributed by atoms with E-state index in [1.54, 1.807) is 6.92 Å². The monoisotopic (exact) mass is 203 g/mol. The Hall–Kier alpha value is 0.610. The minimum absolute atomic E-state index is 0. The second-order valence-corrected chi connectivity index (χ2v) is 2.82. The molecular formula is C4H3ClNNaO3S. The zero-order valence-corrected chi connectivity index (χ0v) is 9.53. The molecule has 0 aliphatic rings. The van der Waals surface area contributed by atoms with Crippen LogP contribution in [-0.4, -0.2) is 13.9 Å². The van der Waals surface area contributed by atoms with Crippen LogP contribution >= 0.6 is 11.6 Å². The van der Waals surface area contributed by atoms with Crippen molar-refractivity contribution in [3.63, 3.8) is 0 Å². The Labute approximate surface area is 92.9 Å². The summed E-state index contributed by atoms with van der Waals surface area (Å²) in [7, 11) is 0. The van der Waals surface area contributed by atoms with Crippen molar-refractivity contribution in [1.82, 2.24) is 5.16 Å². The average Bonchev–Trinajstić information content (AvgIpc) is 2.14. The van der Waals surface area contributed by atoms with Crippen molar-refractivity contribution in [2.45, 2.75) is 12.0 Å². The smallest absolute Gasteiger partial charge is 0.766 e. The largest absolute Gasteiger partial charge is 1.00 e. The van der Waals surface area contributed by atoms with Crippen LogP contribution in [-0.2, 0) is 11.1 Å². The van der Waals surface area contributed by atoms with Gasteiger partial charge in [0.25, 0.3) is 0 Å². The Bertz CT molecular complexity index is 276. The Morgan fingerprint density at radius 1 is 1.73 bits per heavy atom. The summed E-state index contributed by atoms with van der Waals surface area (Å²) < 4.78 is 24.8. The quantitative estimate of drug-likeness (QED) is 0.387. The second kappa shape index (κ2) is 4.59. The van der Waals surface area contributed by atoms with Crippen LogP contribution in [0, 0.1) is 6.92 Å². The molecule has 1 aromatic rings. The van der Waals surface area contributed by atoms with Gasteiger partial charge in [-0.3, -0.25) is 4.21 Å². The maximum absolute atomic E-state index is 10.2. The summed E-state index contributed by atoms with van der Waals surface area (Å²) in [6, 6.07) is 0. The fraction of sp³-hybridized carbons (Fsp3) is 0.250. The number of rotatable bonds is 1. The summed E-state index contributed by atoms with van der Waals surface area (Å²) in [6.07, 6.45) is 0. The molecule has 0 fully saturated rings. The predicted molar refractivity (Wildman–Crippen MR) is 33.4 cm³/mol. The van der Waals surface area contributed by atoms with Gasteiger partial charge in [0.05, 0.1) is 0 Å². The molecular weight excluding hydrogens is 201 g/mol. The van der Waals surface area contributed by atoms with Crippen molar-refractivity contribution in [2.75, 3.05) is 0 Å². The molecule has 1 aromatic heterocycles. The van der Waals surface area contributed by atoms with Gasteiger partial charge in [-0.1, -0.05) is 16.8 Å². The molecule has 0 aliphatic carbocycles. The Balaban J connectivity index is 0.000001000. The molecule has 1 rings (SSSR count). The summed E-state index contributed by atoms with van der Waals surface area (Å²) in [5, 5.41) is 3.08. The third-order valence-corrected chi connectivity index (χ3v) is 2.05. The fourth-order valence-electron chi connectivity index (χ4n) is 0.441. The number of halogens is 1. The molecule has 56 valence electrons. The van der Waals surface area contributed by atoms with Crippen molar-refractivity contribution < 1.29 is 42.8 Å². The van der Waals surface area contributed by atoms with Gasteiger partial charge in [0.1, 0.15) is 10.7 Å². The van der Waals surface area contributed by atoms with Crippen molar-refractivity contribution >= 4 is 22.7 Å². The Kier molecular flexibility index (Phi) is 4.85. The van der Waals surface area contributed by atoms with E-state index in [0.29, 0.717) is 5.69 Å². The van der Waals surface area contributed by atoms with Crippen LogP contribution in [0.2, 0.25) is 5.02 Å². The van der Waals surface area contributed by atoms with Gasteiger partial charge in [0.15, 0.2) is 0 Å². The normalized spacial score (nSPS) is 12.3. The van der Waals surface area contributed by atoms with E-state index in [-0.39, 0.29) is 39.7 Å². The minimum atomic E-state index is -2.43. The van der Waals surface area contributed by atoms with Gasteiger partial charge < -0.3 is 9.08 Å². The third kappa shape index (κ3) is 2.54. The molecule has 0 aromatic carbocycles. The Morgan fingerprint density at radius 2 is 2.27 bits per heavy atom. The maximum Gasteiger partial charge on any atom is 1.00 e. The van der Waals surface area contributed by atoms with Crippen molar-refractivity contribution in [3.05, 3.63) is 10.7 Å². The number of hydrogen-bond donors (Lipinski definition) is 0. The molecule has 0 bridgehead atoms. The fourth-order valence-corrected chi connectivity index (χ4v) is 1.09. The summed E-state index contributed by atoms with van der Waals surface area (Å²) >= 11 is 3.02. The van der Waals surface area contributed by atoms with E-state index >= 15 is 0 Å². The first-order chi connectivity index (χ1) is 4.63. The zero-order valence-electron chi connectivity index (χ0n) is 5.96. The molecule has 0 aliphatic heterocycles. The third-order valence-electron chi connectivity index (χ3n) is 0.914. The van der Waals surface area contributed by atoms with E-state index in [1.165, 1.54) is 0 Å². The molecule has 0 saturated heterocycles. The number of hydrogen-bond acceptors (Lipinski definition) is 4. The average molecular weight is 204 g/mol. The first kappa shape index (κ1) is 11.6. The molecule has 0 N–H and O–H groups in total. The van der Waals surface area contributed by atoms with Gasteiger partial charge in [0, 0.05) is 11.1 Å². The van der Waals surface area contributed by atoms with Crippen LogP contribution < -0.4 is 29.6 Å². The molecule has 0 radical (unpaired) electrons. The van der Waals surface area contributed by atoms with Crippen molar-refractivity contribution in [3.8, 4) is 0 Å². The van der Waals surface area contributed by atoms with E-state index in [0.717, 1.165) is 0 Å². The van der Waals surface area contributed by atoms with Crippen LogP contribution in [0.4, 0.5) is 0 Å². The topological polar surface area (TPSA) is 66.2 Å². The summed E-state index contributed by atoms with van der Waals surface area (Å²) in [6.45, 7) is 1.56. The summed E-state index contributed by atoms with van der Waals surface area (Å²) in [5.41, 5.74) is 0.376. The molecule has 1 heterocycles. The van der Waals surface area contributed by atoms with E-state index in [1.807, 2.05) is 0 Å². The molecule has 0 spiro atoms. The zero-order chi connectivity index (χ0) is 7.72. The predicted octanol–water partition coefficient (Wildman–Crippen LogP) is -2.12. The van der Waals surface area contributed by atoms with Crippen LogP contribution in [0.25, 0.3) is 0 Å². The van der Waals surface area contributed by atoms with E-state index in [2.05, 4.69) is 9.68 Å². The first-order valence-electron chi connectivity index (χ1n) is 2.34. The molecule has 0 saturated carbocycles. The van der Waals surface area contributed by atoms with Gasteiger partial charge in [-0.25, -0.2) is 0 Å². The van der Waals surface area contributed by atoms with Crippen LogP contribution in [0.15, 0.2) is 9.62 Å². The molecule has 1 unspecified atom stereocenters. The number of nitrogens with zero attached hydrogens (tertiary/aromatic N) is 1. The molecule has 1 atom stereocenters. The molecule has 4 nitrogen and oxygen atoms in total. The first-order valence-corrected chi connectivity index (χ1v) is 3.79. The van der Waals surface area contributed by atoms with Gasteiger partial charge in [-0.15, -0.1) is 0 Å². The van der Waals surface area contributed by atoms with E-state index in [9.17, 15) is 8.76 Å².